The van der Waals surface area contributed by atoms with Gasteiger partial charge in [0, 0.05) is 19.0 Å². The first-order valence-electron chi connectivity index (χ1n) is 6.38. The summed E-state index contributed by atoms with van der Waals surface area (Å²) < 4.78 is 0. The lowest BCUT2D eigenvalue weighted by molar-refractivity contribution is -0.137. The molecule has 0 aromatic heterocycles. The Hall–Kier alpha value is -1.14. The fourth-order valence-corrected chi connectivity index (χ4v) is 2.29. The number of aliphatic carboxylic acids is 1. The van der Waals surface area contributed by atoms with Gasteiger partial charge in [-0.15, -0.1) is 0 Å². The molecule has 1 aliphatic heterocycles. The van der Waals surface area contributed by atoms with Crippen molar-refractivity contribution in [3.63, 3.8) is 0 Å². The number of rotatable bonds is 7. The number of hydrogen-bond acceptors (Lipinski definition) is 4. The maximum Gasteiger partial charge on any atom is 0.303 e. The highest BCUT2D eigenvalue weighted by Gasteiger charge is 2.31. The first kappa shape index (κ1) is 14.9. The summed E-state index contributed by atoms with van der Waals surface area (Å²) in [7, 11) is 0. The first-order valence-corrected chi connectivity index (χ1v) is 6.38. The van der Waals surface area contributed by atoms with Gasteiger partial charge in [-0.05, 0) is 25.3 Å². The second-order valence-corrected chi connectivity index (χ2v) is 4.83. The van der Waals surface area contributed by atoms with Gasteiger partial charge in [0.25, 0.3) is 0 Å². The summed E-state index contributed by atoms with van der Waals surface area (Å²) in [6.45, 7) is 3.65. The predicted octanol–water partition coefficient (Wildman–Crippen LogP) is -0.330. The minimum absolute atomic E-state index is 0.0646. The molecule has 2 unspecified atom stereocenters. The van der Waals surface area contributed by atoms with Gasteiger partial charge in [-0.1, -0.05) is 6.92 Å². The second kappa shape index (κ2) is 7.33. The van der Waals surface area contributed by atoms with Crippen LogP contribution >= 0.6 is 0 Å². The number of carbonyl (C=O) groups is 2. The van der Waals surface area contributed by atoms with Gasteiger partial charge in [0.05, 0.1) is 13.2 Å². The quantitative estimate of drug-likeness (QED) is 0.544. The van der Waals surface area contributed by atoms with E-state index in [0.29, 0.717) is 18.9 Å². The summed E-state index contributed by atoms with van der Waals surface area (Å²) in [4.78, 5) is 23.9. The van der Waals surface area contributed by atoms with Crippen molar-refractivity contribution in [2.45, 2.75) is 32.2 Å². The van der Waals surface area contributed by atoms with Crippen LogP contribution in [-0.4, -0.2) is 59.3 Å². The Morgan fingerprint density at radius 2 is 2.17 bits per heavy atom. The van der Waals surface area contributed by atoms with Gasteiger partial charge >= 0.3 is 5.97 Å². The van der Waals surface area contributed by atoms with E-state index in [9.17, 15) is 14.7 Å². The highest BCUT2D eigenvalue weighted by molar-refractivity contribution is 5.78. The molecule has 0 radical (unpaired) electrons. The Balaban J connectivity index is 2.21. The van der Waals surface area contributed by atoms with Crippen LogP contribution in [0.1, 0.15) is 26.2 Å². The van der Waals surface area contributed by atoms with Gasteiger partial charge in [-0.3, -0.25) is 14.5 Å². The molecule has 6 nitrogen and oxygen atoms in total. The Bertz CT molecular complexity index is 296. The number of carboxylic acids is 1. The first-order chi connectivity index (χ1) is 8.54. The fraction of sp³-hybridized carbons (Fsp3) is 0.833. The number of nitrogens with zero attached hydrogens (tertiary/aromatic N) is 1. The molecule has 0 saturated carbocycles. The zero-order chi connectivity index (χ0) is 13.5. The molecule has 1 fully saturated rings. The van der Waals surface area contributed by atoms with Crippen LogP contribution in [-0.2, 0) is 9.59 Å². The molecule has 1 saturated heterocycles. The van der Waals surface area contributed by atoms with E-state index in [0.717, 1.165) is 13.0 Å². The minimum atomic E-state index is -0.849. The highest BCUT2D eigenvalue weighted by Crippen LogP contribution is 2.22. The van der Waals surface area contributed by atoms with Crippen molar-refractivity contribution in [2.75, 3.05) is 26.2 Å². The van der Waals surface area contributed by atoms with E-state index in [2.05, 4.69) is 12.2 Å². The summed E-state index contributed by atoms with van der Waals surface area (Å²) in [6, 6.07) is 0.0646. The van der Waals surface area contributed by atoms with E-state index in [1.807, 2.05) is 4.90 Å². The van der Waals surface area contributed by atoms with Gasteiger partial charge in [-0.25, -0.2) is 0 Å². The number of hydrogen-bond donors (Lipinski definition) is 3. The Morgan fingerprint density at radius 1 is 1.44 bits per heavy atom. The normalized spacial score (nSPS) is 24.1. The zero-order valence-corrected chi connectivity index (χ0v) is 10.8. The van der Waals surface area contributed by atoms with Gasteiger partial charge in [0.15, 0.2) is 0 Å². The molecule has 0 aromatic rings. The van der Waals surface area contributed by atoms with E-state index >= 15 is 0 Å². The summed E-state index contributed by atoms with van der Waals surface area (Å²) >= 11 is 0. The van der Waals surface area contributed by atoms with Crippen LogP contribution in [0.2, 0.25) is 0 Å². The molecule has 0 aliphatic carbocycles. The smallest absolute Gasteiger partial charge is 0.303 e. The predicted molar refractivity (Wildman–Crippen MR) is 66.1 cm³/mol. The Kier molecular flexibility index (Phi) is 6.07. The number of aliphatic hydroxyl groups is 1. The molecule has 1 rings (SSSR count). The number of amides is 1. The third-order valence-corrected chi connectivity index (χ3v) is 3.42. The van der Waals surface area contributed by atoms with Crippen LogP contribution in [0.25, 0.3) is 0 Å². The highest BCUT2D eigenvalue weighted by atomic mass is 16.4. The zero-order valence-electron chi connectivity index (χ0n) is 10.8. The SMILES string of the molecule is CC1CCN(CC(=O)NCCCC(=O)O)C1CO. The Morgan fingerprint density at radius 3 is 2.78 bits per heavy atom. The Labute approximate surface area is 107 Å². The van der Waals surface area contributed by atoms with E-state index in [1.165, 1.54) is 0 Å². The topological polar surface area (TPSA) is 89.9 Å². The number of nitrogens with one attached hydrogen (secondary N) is 1. The average Bonchev–Trinajstić information content (AvgIpc) is 2.65. The third-order valence-electron chi connectivity index (χ3n) is 3.42. The molecule has 1 aliphatic rings. The van der Waals surface area contributed by atoms with Gasteiger partial charge in [0.2, 0.25) is 5.91 Å². The lowest BCUT2D eigenvalue weighted by Crippen LogP contribution is -2.42. The van der Waals surface area contributed by atoms with Crippen LogP contribution < -0.4 is 5.32 Å². The van der Waals surface area contributed by atoms with Crippen molar-refractivity contribution in [2.24, 2.45) is 5.92 Å². The third kappa shape index (κ3) is 4.62. The lowest BCUT2D eigenvalue weighted by Gasteiger charge is -2.24. The van der Waals surface area contributed by atoms with Crippen LogP contribution in [0.5, 0.6) is 0 Å². The molecular formula is C12H22N2O4. The summed E-state index contributed by atoms with van der Waals surface area (Å²) in [5.41, 5.74) is 0. The van der Waals surface area contributed by atoms with Gasteiger partial charge < -0.3 is 15.5 Å². The van der Waals surface area contributed by atoms with E-state index in [4.69, 9.17) is 5.11 Å². The van der Waals surface area contributed by atoms with Crippen molar-refractivity contribution in [1.82, 2.24) is 10.2 Å². The number of carboxylic acid groups (broad SMARTS) is 1. The maximum atomic E-state index is 11.6. The number of aliphatic hydroxyl groups excluding tert-OH is 1. The average molecular weight is 258 g/mol. The van der Waals surface area contributed by atoms with Crippen molar-refractivity contribution in [3.8, 4) is 0 Å². The van der Waals surface area contributed by atoms with E-state index < -0.39 is 5.97 Å². The summed E-state index contributed by atoms with van der Waals surface area (Å²) in [6.07, 6.45) is 1.51. The van der Waals surface area contributed by atoms with Gasteiger partial charge in [0.1, 0.15) is 0 Å². The summed E-state index contributed by atoms with van der Waals surface area (Å²) in [5, 5.41) is 20.4. The minimum Gasteiger partial charge on any atom is -0.481 e. The van der Waals surface area contributed by atoms with Crippen molar-refractivity contribution in [1.29, 1.82) is 0 Å². The molecule has 104 valence electrons. The second-order valence-electron chi connectivity index (χ2n) is 4.83. The van der Waals surface area contributed by atoms with Crippen LogP contribution in [0.15, 0.2) is 0 Å². The fourth-order valence-electron chi connectivity index (χ4n) is 2.29. The number of carbonyl (C=O) groups excluding carboxylic acids is 1. The van der Waals surface area contributed by atoms with E-state index in [-0.39, 0.29) is 31.5 Å². The van der Waals surface area contributed by atoms with Crippen LogP contribution in [0.3, 0.4) is 0 Å². The molecule has 0 aromatic carbocycles. The van der Waals surface area contributed by atoms with Gasteiger partial charge in [-0.2, -0.15) is 0 Å². The maximum absolute atomic E-state index is 11.6. The molecular weight excluding hydrogens is 236 g/mol. The standard InChI is InChI=1S/C12H22N2O4/c1-9-4-6-14(10(9)8-15)7-11(16)13-5-2-3-12(17)18/h9-10,15H,2-8H2,1H3,(H,13,16)(H,17,18). The molecule has 18 heavy (non-hydrogen) atoms. The van der Waals surface area contributed by atoms with Crippen molar-refractivity contribution in [3.05, 3.63) is 0 Å². The number of likely N-dealkylation sites (tertiary alicyclic amines) is 1. The van der Waals surface area contributed by atoms with Crippen LogP contribution in [0, 0.1) is 5.92 Å². The van der Waals surface area contributed by atoms with Crippen molar-refractivity contribution < 1.29 is 19.8 Å². The molecule has 1 amide bonds. The van der Waals surface area contributed by atoms with Crippen molar-refractivity contribution >= 4 is 11.9 Å². The molecule has 2 atom stereocenters. The molecule has 6 heteroatoms. The molecule has 0 bridgehead atoms. The lowest BCUT2D eigenvalue weighted by atomic mass is 10.0. The monoisotopic (exact) mass is 258 g/mol. The van der Waals surface area contributed by atoms with E-state index in [1.54, 1.807) is 0 Å². The van der Waals surface area contributed by atoms with Crippen LogP contribution in [0.4, 0.5) is 0 Å². The summed E-state index contributed by atoms with van der Waals surface area (Å²) in [5.74, 6) is -0.541. The molecule has 3 N–H and O–H groups in total. The largest absolute Gasteiger partial charge is 0.481 e. The molecule has 1 heterocycles. The molecule has 0 spiro atoms.